The Balaban J connectivity index is 1.96. The standard InChI is InChI=1S/C16H16N2O/c1-2-11-19-16-10-6-7-14(12-16)13-17-18-15-8-4-3-5-9-15/h2-10,12-13,18H,1,11H2/b17-13-. The fraction of sp³-hybridized carbons (Fsp3) is 0.0625. The van der Waals surface area contributed by atoms with Gasteiger partial charge in [-0.3, -0.25) is 5.43 Å². The summed E-state index contributed by atoms with van der Waals surface area (Å²) in [5, 5.41) is 4.18. The highest BCUT2D eigenvalue weighted by Crippen LogP contribution is 2.12. The van der Waals surface area contributed by atoms with Crippen molar-refractivity contribution >= 4 is 11.9 Å². The molecule has 0 aliphatic carbocycles. The Hall–Kier alpha value is -2.55. The van der Waals surface area contributed by atoms with Gasteiger partial charge in [0.2, 0.25) is 0 Å². The average Bonchev–Trinajstić information content (AvgIpc) is 2.47. The Morgan fingerprint density at radius 3 is 2.74 bits per heavy atom. The minimum atomic E-state index is 0.503. The second-order valence-electron chi connectivity index (χ2n) is 3.91. The van der Waals surface area contributed by atoms with Crippen molar-refractivity contribution in [3.05, 3.63) is 72.8 Å². The van der Waals surface area contributed by atoms with Gasteiger partial charge in [-0.1, -0.05) is 43.0 Å². The van der Waals surface area contributed by atoms with E-state index in [1.165, 1.54) is 0 Å². The molecule has 0 unspecified atom stereocenters. The second kappa shape index (κ2) is 7.01. The number of hydrazone groups is 1. The molecule has 0 saturated carbocycles. The van der Waals surface area contributed by atoms with Crippen LogP contribution < -0.4 is 10.2 Å². The molecule has 1 N–H and O–H groups in total. The van der Waals surface area contributed by atoms with E-state index in [0.717, 1.165) is 17.0 Å². The van der Waals surface area contributed by atoms with Crippen LogP contribution in [0.15, 0.2) is 72.4 Å². The summed E-state index contributed by atoms with van der Waals surface area (Å²) in [5.41, 5.74) is 4.90. The van der Waals surface area contributed by atoms with E-state index >= 15 is 0 Å². The summed E-state index contributed by atoms with van der Waals surface area (Å²) in [6, 6.07) is 17.5. The van der Waals surface area contributed by atoms with Crippen molar-refractivity contribution in [1.82, 2.24) is 0 Å². The first-order valence-corrected chi connectivity index (χ1v) is 6.06. The Morgan fingerprint density at radius 1 is 1.11 bits per heavy atom. The number of nitrogens with zero attached hydrogens (tertiary/aromatic N) is 1. The van der Waals surface area contributed by atoms with Gasteiger partial charge in [0.15, 0.2) is 0 Å². The quantitative estimate of drug-likeness (QED) is 0.483. The van der Waals surface area contributed by atoms with Gasteiger partial charge < -0.3 is 4.74 Å². The van der Waals surface area contributed by atoms with E-state index in [9.17, 15) is 0 Å². The van der Waals surface area contributed by atoms with E-state index in [1.807, 2.05) is 54.6 Å². The molecule has 19 heavy (non-hydrogen) atoms. The van der Waals surface area contributed by atoms with Crippen LogP contribution in [0.25, 0.3) is 0 Å². The molecule has 0 amide bonds. The lowest BCUT2D eigenvalue weighted by Crippen LogP contribution is -1.94. The summed E-state index contributed by atoms with van der Waals surface area (Å²) in [6.45, 7) is 4.12. The smallest absolute Gasteiger partial charge is 0.120 e. The zero-order valence-corrected chi connectivity index (χ0v) is 10.6. The first-order chi connectivity index (χ1) is 9.38. The van der Waals surface area contributed by atoms with Crippen LogP contribution in [0, 0.1) is 0 Å². The highest BCUT2D eigenvalue weighted by atomic mass is 16.5. The lowest BCUT2D eigenvalue weighted by atomic mass is 10.2. The van der Waals surface area contributed by atoms with E-state index in [2.05, 4.69) is 17.1 Å². The minimum Gasteiger partial charge on any atom is -0.490 e. The Kier molecular flexibility index (Phi) is 4.76. The maximum absolute atomic E-state index is 5.46. The Bertz CT molecular complexity index is 550. The molecule has 3 nitrogen and oxygen atoms in total. The zero-order valence-electron chi connectivity index (χ0n) is 10.6. The van der Waals surface area contributed by atoms with Gasteiger partial charge in [-0.2, -0.15) is 5.10 Å². The van der Waals surface area contributed by atoms with Crippen LogP contribution in [0.2, 0.25) is 0 Å². The number of nitrogens with one attached hydrogen (secondary N) is 1. The summed E-state index contributed by atoms with van der Waals surface area (Å²) >= 11 is 0. The van der Waals surface area contributed by atoms with Gasteiger partial charge in [-0.05, 0) is 29.8 Å². The topological polar surface area (TPSA) is 33.6 Å². The normalized spacial score (nSPS) is 10.3. The van der Waals surface area contributed by atoms with Crippen molar-refractivity contribution in [2.45, 2.75) is 0 Å². The van der Waals surface area contributed by atoms with Crippen LogP contribution >= 0.6 is 0 Å². The van der Waals surface area contributed by atoms with E-state index in [4.69, 9.17) is 4.74 Å². The van der Waals surface area contributed by atoms with Gasteiger partial charge in [-0.25, -0.2) is 0 Å². The molecule has 0 atom stereocenters. The number of hydrogen-bond acceptors (Lipinski definition) is 3. The predicted molar refractivity (Wildman–Crippen MR) is 79.8 cm³/mol. The van der Waals surface area contributed by atoms with Gasteiger partial charge >= 0.3 is 0 Å². The molecule has 2 aromatic carbocycles. The van der Waals surface area contributed by atoms with Crippen molar-refractivity contribution in [2.75, 3.05) is 12.0 Å². The highest BCUT2D eigenvalue weighted by Gasteiger charge is 1.93. The molecular formula is C16H16N2O. The molecule has 2 aromatic rings. The lowest BCUT2D eigenvalue weighted by Gasteiger charge is -2.03. The third-order valence-electron chi connectivity index (χ3n) is 2.41. The summed E-state index contributed by atoms with van der Waals surface area (Å²) in [6.07, 6.45) is 3.48. The Labute approximate surface area is 113 Å². The van der Waals surface area contributed by atoms with Crippen molar-refractivity contribution in [1.29, 1.82) is 0 Å². The molecule has 2 rings (SSSR count). The average molecular weight is 252 g/mol. The maximum atomic E-state index is 5.46. The number of hydrogen-bond donors (Lipinski definition) is 1. The molecule has 0 radical (unpaired) electrons. The third-order valence-corrected chi connectivity index (χ3v) is 2.41. The van der Waals surface area contributed by atoms with Gasteiger partial charge in [-0.15, -0.1) is 0 Å². The number of para-hydroxylation sites is 1. The lowest BCUT2D eigenvalue weighted by molar-refractivity contribution is 0.363. The van der Waals surface area contributed by atoms with Gasteiger partial charge in [0.1, 0.15) is 12.4 Å². The summed E-state index contributed by atoms with van der Waals surface area (Å²) < 4.78 is 5.46. The fourth-order valence-corrected chi connectivity index (χ4v) is 1.53. The monoisotopic (exact) mass is 252 g/mol. The van der Waals surface area contributed by atoms with Crippen molar-refractivity contribution in [3.8, 4) is 5.75 Å². The number of anilines is 1. The van der Waals surface area contributed by atoms with Gasteiger partial charge in [0.05, 0.1) is 11.9 Å². The highest BCUT2D eigenvalue weighted by molar-refractivity contribution is 5.80. The molecule has 0 aromatic heterocycles. The maximum Gasteiger partial charge on any atom is 0.120 e. The minimum absolute atomic E-state index is 0.503. The van der Waals surface area contributed by atoms with Crippen LogP contribution in [-0.2, 0) is 0 Å². The summed E-state index contributed by atoms with van der Waals surface area (Å²) in [4.78, 5) is 0. The zero-order chi connectivity index (χ0) is 13.3. The van der Waals surface area contributed by atoms with E-state index < -0.39 is 0 Å². The first kappa shape index (κ1) is 12.9. The number of benzene rings is 2. The molecule has 96 valence electrons. The van der Waals surface area contributed by atoms with Crippen molar-refractivity contribution < 1.29 is 4.74 Å². The van der Waals surface area contributed by atoms with Crippen LogP contribution in [0.1, 0.15) is 5.56 Å². The van der Waals surface area contributed by atoms with Crippen LogP contribution in [-0.4, -0.2) is 12.8 Å². The van der Waals surface area contributed by atoms with Gasteiger partial charge in [0.25, 0.3) is 0 Å². The third kappa shape index (κ3) is 4.32. The summed E-state index contributed by atoms with van der Waals surface area (Å²) in [7, 11) is 0. The fourth-order valence-electron chi connectivity index (χ4n) is 1.53. The molecule has 0 bridgehead atoms. The van der Waals surface area contributed by atoms with E-state index in [1.54, 1.807) is 12.3 Å². The van der Waals surface area contributed by atoms with E-state index in [0.29, 0.717) is 6.61 Å². The number of rotatable bonds is 6. The van der Waals surface area contributed by atoms with Crippen molar-refractivity contribution in [3.63, 3.8) is 0 Å². The molecule has 0 heterocycles. The molecular weight excluding hydrogens is 236 g/mol. The van der Waals surface area contributed by atoms with Crippen molar-refractivity contribution in [2.24, 2.45) is 5.10 Å². The molecule has 3 heteroatoms. The molecule has 0 aliphatic heterocycles. The molecule has 0 saturated heterocycles. The SMILES string of the molecule is C=CCOc1cccc(/C=N\Nc2ccccc2)c1. The van der Waals surface area contributed by atoms with Gasteiger partial charge in [0, 0.05) is 0 Å². The first-order valence-electron chi connectivity index (χ1n) is 6.06. The van der Waals surface area contributed by atoms with Crippen LogP contribution in [0.5, 0.6) is 5.75 Å². The second-order valence-corrected chi connectivity index (χ2v) is 3.91. The van der Waals surface area contributed by atoms with Crippen LogP contribution in [0.3, 0.4) is 0 Å². The molecule has 0 aliphatic rings. The molecule has 0 fully saturated rings. The summed E-state index contributed by atoms with van der Waals surface area (Å²) in [5.74, 6) is 0.809. The largest absolute Gasteiger partial charge is 0.490 e. The van der Waals surface area contributed by atoms with Crippen LogP contribution in [0.4, 0.5) is 5.69 Å². The molecule has 0 spiro atoms. The Morgan fingerprint density at radius 2 is 1.95 bits per heavy atom. The predicted octanol–water partition coefficient (Wildman–Crippen LogP) is 3.70. The van der Waals surface area contributed by atoms with E-state index in [-0.39, 0.29) is 0 Å². The number of ether oxygens (including phenoxy) is 1.